The molecular formula is C16H24ClIN2O. The fourth-order valence-corrected chi connectivity index (χ4v) is 4.16. The Morgan fingerprint density at radius 1 is 1.10 bits per heavy atom. The first-order valence-corrected chi connectivity index (χ1v) is 9.05. The molecule has 21 heavy (non-hydrogen) atoms. The number of ether oxygens (including phenoxy) is 1. The average Bonchev–Trinajstić information content (AvgIpc) is 2.66. The Hall–Kier alpha value is 0.0600. The van der Waals surface area contributed by atoms with Crippen molar-refractivity contribution in [1.82, 2.24) is 9.97 Å². The quantitative estimate of drug-likeness (QED) is 0.372. The van der Waals surface area contributed by atoms with Gasteiger partial charge in [0.15, 0.2) is 5.82 Å². The lowest BCUT2D eigenvalue weighted by Gasteiger charge is -2.31. The van der Waals surface area contributed by atoms with E-state index in [9.17, 15) is 0 Å². The van der Waals surface area contributed by atoms with Gasteiger partial charge in [-0.3, -0.25) is 0 Å². The zero-order valence-electron chi connectivity index (χ0n) is 13.3. The van der Waals surface area contributed by atoms with E-state index in [4.69, 9.17) is 21.3 Å². The van der Waals surface area contributed by atoms with Crippen molar-refractivity contribution < 1.29 is 4.74 Å². The second-order valence-electron chi connectivity index (χ2n) is 6.86. The van der Waals surface area contributed by atoms with Crippen LogP contribution in [0.4, 0.5) is 0 Å². The van der Waals surface area contributed by atoms with Crippen molar-refractivity contribution in [2.24, 2.45) is 0 Å². The summed E-state index contributed by atoms with van der Waals surface area (Å²) >= 11 is 8.63. The SMILES string of the molecule is COC1(c2nc(Cl)c(I)c(C(C)(C)C)n2)CCCCCC1. The molecule has 0 spiro atoms. The predicted octanol–water partition coefficient (Wildman–Crippen LogP) is 5.23. The third-order valence-electron chi connectivity index (χ3n) is 4.23. The second kappa shape index (κ2) is 6.67. The molecule has 1 heterocycles. The fourth-order valence-electron chi connectivity index (χ4n) is 2.94. The maximum absolute atomic E-state index is 6.39. The van der Waals surface area contributed by atoms with Crippen molar-refractivity contribution in [3.05, 3.63) is 20.2 Å². The summed E-state index contributed by atoms with van der Waals surface area (Å²) in [5.74, 6) is 0.766. The zero-order chi connectivity index (χ0) is 15.7. The van der Waals surface area contributed by atoms with E-state index >= 15 is 0 Å². The van der Waals surface area contributed by atoms with Crippen LogP contribution in [-0.2, 0) is 15.8 Å². The van der Waals surface area contributed by atoms with Gasteiger partial charge in [-0.15, -0.1) is 0 Å². The lowest BCUT2D eigenvalue weighted by atomic mass is 9.90. The summed E-state index contributed by atoms with van der Waals surface area (Å²) in [6.45, 7) is 6.47. The molecule has 0 aliphatic heterocycles. The summed E-state index contributed by atoms with van der Waals surface area (Å²) in [5.41, 5.74) is 0.584. The van der Waals surface area contributed by atoms with Crippen LogP contribution in [0.5, 0.6) is 0 Å². The minimum atomic E-state index is -0.371. The molecule has 0 amide bonds. The number of hydrogen-bond donors (Lipinski definition) is 0. The van der Waals surface area contributed by atoms with Crippen LogP contribution in [0.25, 0.3) is 0 Å². The van der Waals surface area contributed by atoms with Gasteiger partial charge < -0.3 is 4.74 Å². The summed E-state index contributed by atoms with van der Waals surface area (Å²) in [4.78, 5) is 9.46. The van der Waals surface area contributed by atoms with Gasteiger partial charge in [-0.2, -0.15) is 0 Å². The third kappa shape index (κ3) is 3.70. The van der Waals surface area contributed by atoms with Gasteiger partial charge in [0.05, 0.1) is 9.26 Å². The van der Waals surface area contributed by atoms with Crippen molar-refractivity contribution in [1.29, 1.82) is 0 Å². The van der Waals surface area contributed by atoms with E-state index in [0.717, 1.165) is 40.8 Å². The molecule has 0 saturated heterocycles. The largest absolute Gasteiger partial charge is 0.370 e. The van der Waals surface area contributed by atoms with E-state index < -0.39 is 0 Å². The monoisotopic (exact) mass is 422 g/mol. The number of methoxy groups -OCH3 is 1. The first kappa shape index (κ1) is 17.4. The third-order valence-corrected chi connectivity index (χ3v) is 5.84. The van der Waals surface area contributed by atoms with Gasteiger partial charge in [0.25, 0.3) is 0 Å². The van der Waals surface area contributed by atoms with Crippen LogP contribution in [-0.4, -0.2) is 17.1 Å². The lowest BCUT2D eigenvalue weighted by molar-refractivity contribution is -0.0354. The Balaban J connectivity index is 2.54. The maximum atomic E-state index is 6.39. The van der Waals surface area contributed by atoms with Crippen LogP contribution in [0, 0.1) is 3.57 Å². The van der Waals surface area contributed by atoms with Crippen LogP contribution in [0.1, 0.15) is 70.8 Å². The topological polar surface area (TPSA) is 35.0 Å². The van der Waals surface area contributed by atoms with E-state index in [-0.39, 0.29) is 11.0 Å². The number of halogens is 2. The van der Waals surface area contributed by atoms with E-state index in [2.05, 4.69) is 48.3 Å². The van der Waals surface area contributed by atoms with Gasteiger partial charge in [-0.25, -0.2) is 9.97 Å². The zero-order valence-corrected chi connectivity index (χ0v) is 16.2. The summed E-state index contributed by atoms with van der Waals surface area (Å²) in [6, 6.07) is 0. The van der Waals surface area contributed by atoms with Crippen molar-refractivity contribution >= 4 is 34.2 Å². The minimum absolute atomic E-state index is 0.0580. The number of rotatable bonds is 2. The molecule has 1 aliphatic carbocycles. The first-order valence-electron chi connectivity index (χ1n) is 7.59. The van der Waals surface area contributed by atoms with Gasteiger partial charge in [0.1, 0.15) is 10.8 Å². The summed E-state index contributed by atoms with van der Waals surface area (Å²) < 4.78 is 6.87. The molecule has 3 nitrogen and oxygen atoms in total. The van der Waals surface area contributed by atoms with Gasteiger partial charge in [-0.05, 0) is 35.4 Å². The average molecular weight is 423 g/mol. The molecule has 0 radical (unpaired) electrons. The Kier molecular flexibility index (Phi) is 5.53. The highest BCUT2D eigenvalue weighted by molar-refractivity contribution is 14.1. The normalized spacial score (nSPS) is 19.3. The molecule has 5 heteroatoms. The van der Waals surface area contributed by atoms with Crippen molar-refractivity contribution in [2.75, 3.05) is 7.11 Å². The number of aromatic nitrogens is 2. The molecular weight excluding hydrogens is 399 g/mol. The highest BCUT2D eigenvalue weighted by Gasteiger charge is 2.37. The van der Waals surface area contributed by atoms with Crippen LogP contribution < -0.4 is 0 Å². The summed E-state index contributed by atoms with van der Waals surface area (Å²) in [7, 11) is 1.78. The summed E-state index contributed by atoms with van der Waals surface area (Å²) in [6.07, 6.45) is 6.79. The molecule has 0 N–H and O–H groups in total. The van der Waals surface area contributed by atoms with E-state index in [1.54, 1.807) is 7.11 Å². The van der Waals surface area contributed by atoms with E-state index in [1.807, 2.05) is 0 Å². The van der Waals surface area contributed by atoms with Crippen molar-refractivity contribution in [2.45, 2.75) is 70.3 Å². The molecule has 0 unspecified atom stereocenters. The van der Waals surface area contributed by atoms with Gasteiger partial charge in [-0.1, -0.05) is 58.1 Å². The fraction of sp³-hybridized carbons (Fsp3) is 0.750. The highest BCUT2D eigenvalue weighted by Crippen LogP contribution is 2.39. The maximum Gasteiger partial charge on any atom is 0.162 e. The predicted molar refractivity (Wildman–Crippen MR) is 94.8 cm³/mol. The lowest BCUT2D eigenvalue weighted by Crippen LogP contribution is -2.32. The molecule has 1 aliphatic rings. The highest BCUT2D eigenvalue weighted by atomic mass is 127. The smallest absolute Gasteiger partial charge is 0.162 e. The Labute approximate surface area is 146 Å². The standard InChI is InChI=1S/C16H24ClIN2O/c1-15(2,3)12-11(18)13(17)20-14(19-12)16(21-4)9-7-5-6-8-10-16/h5-10H2,1-4H3. The number of hydrogen-bond acceptors (Lipinski definition) is 3. The molecule has 1 aromatic rings. The first-order chi connectivity index (χ1) is 9.80. The molecule has 0 aromatic carbocycles. The molecule has 1 saturated carbocycles. The van der Waals surface area contributed by atoms with Gasteiger partial charge in [0.2, 0.25) is 0 Å². The summed E-state index contributed by atoms with van der Waals surface area (Å²) in [5, 5.41) is 0.547. The molecule has 1 aromatic heterocycles. The van der Waals surface area contributed by atoms with Crippen LogP contribution >= 0.6 is 34.2 Å². The minimum Gasteiger partial charge on any atom is -0.370 e. The van der Waals surface area contributed by atoms with E-state index in [1.165, 1.54) is 12.8 Å². The van der Waals surface area contributed by atoms with E-state index in [0.29, 0.717) is 5.15 Å². The molecule has 2 rings (SSSR count). The van der Waals surface area contributed by atoms with Crippen LogP contribution in [0.15, 0.2) is 0 Å². The molecule has 0 bridgehead atoms. The molecule has 1 fully saturated rings. The van der Waals surface area contributed by atoms with Gasteiger partial charge >= 0.3 is 0 Å². The Bertz CT molecular complexity index is 506. The van der Waals surface area contributed by atoms with Gasteiger partial charge in [0, 0.05) is 12.5 Å². The number of nitrogens with zero attached hydrogens (tertiary/aromatic N) is 2. The van der Waals surface area contributed by atoms with Crippen molar-refractivity contribution in [3.8, 4) is 0 Å². The second-order valence-corrected chi connectivity index (χ2v) is 8.30. The molecule has 118 valence electrons. The van der Waals surface area contributed by atoms with Crippen LogP contribution in [0.3, 0.4) is 0 Å². The Morgan fingerprint density at radius 2 is 1.67 bits per heavy atom. The molecule has 0 atom stereocenters. The van der Waals surface area contributed by atoms with Crippen molar-refractivity contribution in [3.63, 3.8) is 0 Å². The Morgan fingerprint density at radius 3 is 2.14 bits per heavy atom. The van der Waals surface area contributed by atoms with Crippen LogP contribution in [0.2, 0.25) is 5.15 Å².